The van der Waals surface area contributed by atoms with Crippen molar-refractivity contribution in [2.75, 3.05) is 19.8 Å². The molecule has 0 bridgehead atoms. The van der Waals surface area contributed by atoms with Crippen LogP contribution in [0.1, 0.15) is 42.3 Å². The van der Waals surface area contributed by atoms with Gasteiger partial charge in [0.25, 0.3) is 5.91 Å². The first-order valence-electron chi connectivity index (χ1n) is 7.91. The molecular weight excluding hydrogens is 294 g/mol. The first kappa shape index (κ1) is 17.6. The third kappa shape index (κ3) is 5.41. The SMILES string of the molecule is CC(C)=CCO[C@H]1CCOC[C@H]1NC(=O)c1cc(C)nc(C)n1. The van der Waals surface area contributed by atoms with Gasteiger partial charge in [0.05, 0.1) is 25.4 Å². The molecular formula is C17H25N3O3. The lowest BCUT2D eigenvalue weighted by Crippen LogP contribution is -2.50. The molecule has 6 heteroatoms. The highest BCUT2D eigenvalue weighted by Gasteiger charge is 2.28. The first-order chi connectivity index (χ1) is 11.0. The van der Waals surface area contributed by atoms with Gasteiger partial charge in [0, 0.05) is 12.3 Å². The van der Waals surface area contributed by atoms with Crippen LogP contribution in [0.4, 0.5) is 0 Å². The maximum absolute atomic E-state index is 12.4. The van der Waals surface area contributed by atoms with Crippen molar-refractivity contribution in [1.82, 2.24) is 15.3 Å². The summed E-state index contributed by atoms with van der Waals surface area (Å²) in [6.07, 6.45) is 2.75. The second-order valence-electron chi connectivity index (χ2n) is 6.04. The smallest absolute Gasteiger partial charge is 0.270 e. The maximum atomic E-state index is 12.4. The minimum Gasteiger partial charge on any atom is -0.379 e. The fourth-order valence-electron chi connectivity index (χ4n) is 2.47. The number of nitrogens with zero attached hydrogens (tertiary/aromatic N) is 2. The number of hydrogen-bond acceptors (Lipinski definition) is 5. The van der Waals surface area contributed by atoms with E-state index in [2.05, 4.69) is 15.3 Å². The second-order valence-corrected chi connectivity index (χ2v) is 6.04. The van der Waals surface area contributed by atoms with Gasteiger partial charge in [0.15, 0.2) is 0 Å². The summed E-state index contributed by atoms with van der Waals surface area (Å²) < 4.78 is 11.4. The summed E-state index contributed by atoms with van der Waals surface area (Å²) in [5, 5.41) is 2.98. The van der Waals surface area contributed by atoms with Crippen LogP contribution in [-0.4, -0.2) is 47.8 Å². The van der Waals surface area contributed by atoms with Crippen molar-refractivity contribution in [3.63, 3.8) is 0 Å². The minimum absolute atomic E-state index is 0.0488. The monoisotopic (exact) mass is 319 g/mol. The second kappa shape index (κ2) is 8.17. The van der Waals surface area contributed by atoms with E-state index in [4.69, 9.17) is 9.47 Å². The Morgan fingerprint density at radius 1 is 1.43 bits per heavy atom. The van der Waals surface area contributed by atoms with Gasteiger partial charge in [0.2, 0.25) is 0 Å². The zero-order valence-corrected chi connectivity index (χ0v) is 14.3. The summed E-state index contributed by atoms with van der Waals surface area (Å²) >= 11 is 0. The Morgan fingerprint density at radius 2 is 2.22 bits per heavy atom. The van der Waals surface area contributed by atoms with Crippen molar-refractivity contribution < 1.29 is 14.3 Å². The molecule has 2 atom stereocenters. The predicted molar refractivity (Wildman–Crippen MR) is 87.4 cm³/mol. The number of carbonyl (C=O) groups is 1. The molecule has 2 rings (SSSR count). The van der Waals surface area contributed by atoms with Crippen LogP contribution < -0.4 is 5.32 Å². The van der Waals surface area contributed by atoms with Crippen molar-refractivity contribution in [2.24, 2.45) is 0 Å². The van der Waals surface area contributed by atoms with Crippen LogP contribution in [0, 0.1) is 13.8 Å². The first-order valence-corrected chi connectivity index (χ1v) is 7.91. The van der Waals surface area contributed by atoms with Gasteiger partial charge in [-0.3, -0.25) is 4.79 Å². The van der Waals surface area contributed by atoms with Gasteiger partial charge in [-0.05, 0) is 40.2 Å². The highest BCUT2D eigenvalue weighted by molar-refractivity contribution is 5.92. The van der Waals surface area contributed by atoms with Crippen LogP contribution in [0.15, 0.2) is 17.7 Å². The van der Waals surface area contributed by atoms with Crippen molar-refractivity contribution in [3.8, 4) is 0 Å². The molecule has 1 N–H and O–H groups in total. The molecule has 0 radical (unpaired) electrons. The van der Waals surface area contributed by atoms with Crippen molar-refractivity contribution >= 4 is 5.91 Å². The Bertz CT molecular complexity index is 562. The van der Waals surface area contributed by atoms with Gasteiger partial charge < -0.3 is 14.8 Å². The van der Waals surface area contributed by atoms with E-state index in [9.17, 15) is 4.79 Å². The van der Waals surface area contributed by atoms with Gasteiger partial charge in [0.1, 0.15) is 11.5 Å². The number of rotatable bonds is 5. The fourth-order valence-corrected chi connectivity index (χ4v) is 2.47. The van der Waals surface area contributed by atoms with Crippen LogP contribution in [0.2, 0.25) is 0 Å². The van der Waals surface area contributed by atoms with E-state index in [1.165, 1.54) is 5.57 Å². The Kier molecular flexibility index (Phi) is 6.24. The van der Waals surface area contributed by atoms with E-state index in [0.717, 1.165) is 12.1 Å². The lowest BCUT2D eigenvalue weighted by molar-refractivity contribution is -0.0457. The third-order valence-corrected chi connectivity index (χ3v) is 3.61. The van der Waals surface area contributed by atoms with Crippen LogP contribution in [0.3, 0.4) is 0 Å². The molecule has 1 aromatic rings. The van der Waals surface area contributed by atoms with Crippen LogP contribution in [-0.2, 0) is 9.47 Å². The minimum atomic E-state index is -0.218. The summed E-state index contributed by atoms with van der Waals surface area (Å²) in [7, 11) is 0. The number of allylic oxidation sites excluding steroid dienone is 1. The zero-order chi connectivity index (χ0) is 16.8. The summed E-state index contributed by atoms with van der Waals surface area (Å²) in [4.78, 5) is 20.8. The van der Waals surface area contributed by atoms with Crippen molar-refractivity contribution in [1.29, 1.82) is 0 Å². The van der Waals surface area contributed by atoms with E-state index in [1.807, 2.05) is 26.8 Å². The lowest BCUT2D eigenvalue weighted by Gasteiger charge is -2.31. The number of hydrogen-bond donors (Lipinski definition) is 1. The topological polar surface area (TPSA) is 73.3 Å². The number of ether oxygens (including phenoxy) is 2. The Hall–Kier alpha value is -1.79. The number of amides is 1. The van der Waals surface area contributed by atoms with E-state index in [1.54, 1.807) is 13.0 Å². The molecule has 0 saturated carbocycles. The zero-order valence-electron chi connectivity index (χ0n) is 14.3. The van der Waals surface area contributed by atoms with E-state index >= 15 is 0 Å². The molecule has 0 aliphatic carbocycles. The quantitative estimate of drug-likeness (QED) is 0.840. The molecule has 0 aromatic carbocycles. The molecule has 0 spiro atoms. The third-order valence-electron chi connectivity index (χ3n) is 3.61. The van der Waals surface area contributed by atoms with E-state index in [-0.39, 0.29) is 18.1 Å². The van der Waals surface area contributed by atoms with E-state index < -0.39 is 0 Å². The largest absolute Gasteiger partial charge is 0.379 e. The molecule has 2 heterocycles. The Morgan fingerprint density at radius 3 is 2.91 bits per heavy atom. The molecule has 6 nitrogen and oxygen atoms in total. The Labute approximate surface area is 137 Å². The molecule has 1 fully saturated rings. The van der Waals surface area contributed by atoms with Gasteiger partial charge in [-0.2, -0.15) is 0 Å². The molecule has 126 valence electrons. The molecule has 1 amide bonds. The van der Waals surface area contributed by atoms with Crippen LogP contribution >= 0.6 is 0 Å². The average molecular weight is 319 g/mol. The summed E-state index contributed by atoms with van der Waals surface area (Å²) in [6, 6.07) is 1.52. The van der Waals surface area contributed by atoms with Gasteiger partial charge in [-0.15, -0.1) is 0 Å². The molecule has 23 heavy (non-hydrogen) atoms. The normalized spacial score (nSPS) is 20.9. The summed E-state index contributed by atoms with van der Waals surface area (Å²) in [5.74, 6) is 0.372. The highest BCUT2D eigenvalue weighted by Crippen LogP contribution is 2.13. The summed E-state index contributed by atoms with van der Waals surface area (Å²) in [6.45, 7) is 9.34. The van der Waals surface area contributed by atoms with Gasteiger partial charge in [-0.1, -0.05) is 11.6 Å². The lowest BCUT2D eigenvalue weighted by atomic mass is 10.1. The van der Waals surface area contributed by atoms with Gasteiger partial charge >= 0.3 is 0 Å². The molecule has 1 aliphatic rings. The molecule has 1 saturated heterocycles. The maximum Gasteiger partial charge on any atom is 0.270 e. The fraction of sp³-hybridized carbons (Fsp3) is 0.588. The average Bonchev–Trinajstić information content (AvgIpc) is 2.47. The number of aryl methyl sites for hydroxylation is 2. The Balaban J connectivity index is 2.00. The van der Waals surface area contributed by atoms with Crippen LogP contribution in [0.5, 0.6) is 0 Å². The molecule has 0 unspecified atom stereocenters. The molecule has 1 aromatic heterocycles. The summed E-state index contributed by atoms with van der Waals surface area (Å²) in [5.41, 5.74) is 2.37. The highest BCUT2D eigenvalue weighted by atomic mass is 16.5. The van der Waals surface area contributed by atoms with Crippen molar-refractivity contribution in [3.05, 3.63) is 34.9 Å². The predicted octanol–water partition coefficient (Wildman–Crippen LogP) is 1.96. The van der Waals surface area contributed by atoms with Crippen molar-refractivity contribution in [2.45, 2.75) is 46.3 Å². The van der Waals surface area contributed by atoms with Gasteiger partial charge in [-0.25, -0.2) is 9.97 Å². The number of nitrogens with one attached hydrogen (secondary N) is 1. The number of aromatic nitrogens is 2. The standard InChI is InChI=1S/C17H25N3O3/c1-11(2)5-8-23-16-6-7-22-10-15(16)20-17(21)14-9-12(3)18-13(4)19-14/h5,9,15-16H,6-8,10H2,1-4H3,(H,20,21)/t15-,16+/m1/s1. The van der Waals surface area contributed by atoms with Crippen LogP contribution in [0.25, 0.3) is 0 Å². The number of carbonyl (C=O) groups excluding carboxylic acids is 1. The molecule has 1 aliphatic heterocycles. The van der Waals surface area contributed by atoms with E-state index in [0.29, 0.717) is 31.3 Å².